The summed E-state index contributed by atoms with van der Waals surface area (Å²) >= 11 is 0. The maximum atomic E-state index is 4.51. The van der Waals surface area contributed by atoms with Gasteiger partial charge in [0.15, 0.2) is 0 Å². The minimum atomic E-state index is 0.103. The number of hydrogen-bond donors (Lipinski definition) is 0. The van der Waals surface area contributed by atoms with E-state index in [1.807, 2.05) is 24.7 Å². The zero-order chi connectivity index (χ0) is 14.6. The predicted octanol–water partition coefficient (Wildman–Crippen LogP) is 4.51. The first-order valence-corrected chi connectivity index (χ1v) is 7.24. The summed E-state index contributed by atoms with van der Waals surface area (Å²) in [6, 6.07) is 10.4. The molecule has 2 aromatic heterocycles. The lowest BCUT2D eigenvalue weighted by atomic mass is 9.74. The smallest absolute Gasteiger partial charge is 0.0459 e. The van der Waals surface area contributed by atoms with E-state index in [2.05, 4.69) is 61.9 Å². The van der Waals surface area contributed by atoms with Crippen LogP contribution in [0.1, 0.15) is 51.8 Å². The van der Waals surface area contributed by atoms with E-state index in [1.165, 1.54) is 11.3 Å². The maximum Gasteiger partial charge on any atom is 0.0459 e. The third-order valence-electron chi connectivity index (χ3n) is 4.20. The fourth-order valence-corrected chi connectivity index (χ4v) is 2.46. The van der Waals surface area contributed by atoms with Gasteiger partial charge in [0.1, 0.15) is 0 Å². The normalized spacial score (nSPS) is 12.4. The van der Waals surface area contributed by atoms with E-state index in [0.29, 0.717) is 0 Å². The molecule has 0 bridgehead atoms. The van der Waals surface area contributed by atoms with Crippen molar-refractivity contribution in [3.8, 4) is 0 Å². The van der Waals surface area contributed by atoms with Gasteiger partial charge in [-0.05, 0) is 48.1 Å². The molecule has 0 saturated heterocycles. The molecule has 0 amide bonds. The van der Waals surface area contributed by atoms with E-state index in [4.69, 9.17) is 0 Å². The lowest BCUT2D eigenvalue weighted by Gasteiger charge is -2.31. The highest BCUT2D eigenvalue weighted by Gasteiger charge is 2.27. The van der Waals surface area contributed by atoms with E-state index < -0.39 is 0 Å². The number of pyridine rings is 2. The fraction of sp³-hybridized carbons (Fsp3) is 0.444. The first-order chi connectivity index (χ1) is 9.42. The lowest BCUT2D eigenvalue weighted by molar-refractivity contribution is 0.369. The molecule has 0 aliphatic carbocycles. The number of hydrogen-bond acceptors (Lipinski definition) is 2. The van der Waals surface area contributed by atoms with Crippen LogP contribution in [0.4, 0.5) is 0 Å². The maximum absolute atomic E-state index is 4.51. The predicted molar refractivity (Wildman–Crippen MR) is 83.8 cm³/mol. The molecular weight excluding hydrogens is 244 g/mol. The summed E-state index contributed by atoms with van der Waals surface area (Å²) in [6.45, 7) is 9.16. The molecule has 2 aromatic rings. The number of nitrogens with zero attached hydrogens (tertiary/aromatic N) is 2. The Labute approximate surface area is 122 Å². The van der Waals surface area contributed by atoms with Gasteiger partial charge in [0.25, 0.3) is 0 Å². The second-order valence-corrected chi connectivity index (χ2v) is 6.72. The first-order valence-electron chi connectivity index (χ1n) is 7.24. The number of aromatic nitrogens is 2. The lowest BCUT2D eigenvalue weighted by Crippen LogP contribution is -2.25. The van der Waals surface area contributed by atoms with Crippen LogP contribution in [0, 0.1) is 0 Å². The molecule has 0 saturated carbocycles. The summed E-state index contributed by atoms with van der Waals surface area (Å²) in [5.74, 6) is 0. The molecule has 2 heterocycles. The van der Waals surface area contributed by atoms with Gasteiger partial charge in [0.05, 0.1) is 0 Å². The molecule has 2 nitrogen and oxygen atoms in total. The zero-order valence-electron chi connectivity index (χ0n) is 12.9. The third-order valence-corrected chi connectivity index (χ3v) is 4.20. The van der Waals surface area contributed by atoms with Crippen molar-refractivity contribution in [3.05, 3.63) is 60.2 Å². The highest BCUT2D eigenvalue weighted by Crippen LogP contribution is 2.34. The standard InChI is InChI=1S/C18H24N2/c1-17(2,15-8-13-19-14-9-15)10-11-18(3,4)16-7-5-6-12-20-16/h5-9,12-14H,10-11H2,1-4H3. The van der Waals surface area contributed by atoms with E-state index in [1.54, 1.807) is 0 Å². The Hall–Kier alpha value is -1.70. The van der Waals surface area contributed by atoms with E-state index in [0.717, 1.165) is 12.8 Å². The minimum Gasteiger partial charge on any atom is -0.265 e. The third kappa shape index (κ3) is 3.44. The second kappa shape index (κ2) is 5.74. The highest BCUT2D eigenvalue weighted by molar-refractivity contribution is 5.21. The Kier molecular flexibility index (Phi) is 4.22. The van der Waals surface area contributed by atoms with Gasteiger partial charge in [-0.25, -0.2) is 0 Å². The SMILES string of the molecule is CC(C)(CCC(C)(C)c1ccccn1)c1ccncc1. The molecule has 0 unspecified atom stereocenters. The van der Waals surface area contributed by atoms with Gasteiger partial charge in [0, 0.05) is 29.7 Å². The fourth-order valence-electron chi connectivity index (χ4n) is 2.46. The van der Waals surface area contributed by atoms with Gasteiger partial charge < -0.3 is 0 Å². The van der Waals surface area contributed by atoms with Crippen LogP contribution >= 0.6 is 0 Å². The van der Waals surface area contributed by atoms with Crippen LogP contribution in [-0.4, -0.2) is 9.97 Å². The highest BCUT2D eigenvalue weighted by atomic mass is 14.7. The Bertz CT molecular complexity index is 478. The average Bonchev–Trinajstić information content (AvgIpc) is 2.47. The van der Waals surface area contributed by atoms with Crippen LogP contribution in [0.15, 0.2) is 48.9 Å². The summed E-state index contributed by atoms with van der Waals surface area (Å²) in [7, 11) is 0. The van der Waals surface area contributed by atoms with Crippen LogP contribution in [0.5, 0.6) is 0 Å². The molecule has 0 spiro atoms. The van der Waals surface area contributed by atoms with Crippen molar-refractivity contribution in [2.75, 3.05) is 0 Å². The molecule has 0 aliphatic heterocycles. The molecule has 2 rings (SSSR count). The molecule has 0 N–H and O–H groups in total. The monoisotopic (exact) mass is 268 g/mol. The Morgan fingerprint density at radius 2 is 1.45 bits per heavy atom. The van der Waals surface area contributed by atoms with Gasteiger partial charge in [-0.3, -0.25) is 9.97 Å². The van der Waals surface area contributed by atoms with E-state index in [-0.39, 0.29) is 10.8 Å². The molecule has 0 aliphatic rings. The molecule has 0 atom stereocenters. The summed E-state index contributed by atoms with van der Waals surface area (Å²) in [5.41, 5.74) is 2.79. The summed E-state index contributed by atoms with van der Waals surface area (Å²) in [5, 5.41) is 0. The van der Waals surface area contributed by atoms with Crippen molar-refractivity contribution >= 4 is 0 Å². The van der Waals surface area contributed by atoms with E-state index in [9.17, 15) is 0 Å². The Morgan fingerprint density at radius 1 is 0.800 bits per heavy atom. The van der Waals surface area contributed by atoms with Crippen LogP contribution in [0.3, 0.4) is 0 Å². The second-order valence-electron chi connectivity index (χ2n) is 6.72. The van der Waals surface area contributed by atoms with Crippen molar-refractivity contribution in [2.45, 2.75) is 51.4 Å². The first kappa shape index (κ1) is 14.7. The quantitative estimate of drug-likeness (QED) is 0.797. The van der Waals surface area contributed by atoms with Crippen LogP contribution in [0.25, 0.3) is 0 Å². The van der Waals surface area contributed by atoms with Gasteiger partial charge >= 0.3 is 0 Å². The molecule has 106 valence electrons. The molecule has 2 heteroatoms. The molecule has 20 heavy (non-hydrogen) atoms. The Balaban J connectivity index is 2.08. The zero-order valence-corrected chi connectivity index (χ0v) is 12.9. The van der Waals surface area contributed by atoms with Crippen molar-refractivity contribution in [1.82, 2.24) is 9.97 Å². The van der Waals surface area contributed by atoms with Crippen molar-refractivity contribution in [2.24, 2.45) is 0 Å². The van der Waals surface area contributed by atoms with Gasteiger partial charge in [-0.15, -0.1) is 0 Å². The number of rotatable bonds is 5. The summed E-state index contributed by atoms with van der Waals surface area (Å²) in [6.07, 6.45) is 7.87. The minimum absolute atomic E-state index is 0.103. The van der Waals surface area contributed by atoms with E-state index >= 15 is 0 Å². The summed E-state index contributed by atoms with van der Waals surface area (Å²) < 4.78 is 0. The topological polar surface area (TPSA) is 25.8 Å². The Morgan fingerprint density at radius 3 is 2.05 bits per heavy atom. The molecular formula is C18H24N2. The van der Waals surface area contributed by atoms with Crippen molar-refractivity contribution in [1.29, 1.82) is 0 Å². The average molecular weight is 268 g/mol. The van der Waals surface area contributed by atoms with Crippen molar-refractivity contribution in [3.63, 3.8) is 0 Å². The van der Waals surface area contributed by atoms with Crippen molar-refractivity contribution < 1.29 is 0 Å². The summed E-state index contributed by atoms with van der Waals surface area (Å²) in [4.78, 5) is 8.62. The van der Waals surface area contributed by atoms with Crippen LogP contribution in [0.2, 0.25) is 0 Å². The van der Waals surface area contributed by atoms with Gasteiger partial charge in [0.2, 0.25) is 0 Å². The van der Waals surface area contributed by atoms with Gasteiger partial charge in [-0.2, -0.15) is 0 Å². The van der Waals surface area contributed by atoms with Crippen LogP contribution in [-0.2, 0) is 10.8 Å². The van der Waals surface area contributed by atoms with Gasteiger partial charge in [-0.1, -0.05) is 33.8 Å². The largest absolute Gasteiger partial charge is 0.265 e. The molecule has 0 fully saturated rings. The molecule has 0 aromatic carbocycles. The molecule has 0 radical (unpaired) electrons. The van der Waals surface area contributed by atoms with Crippen LogP contribution < -0.4 is 0 Å².